The van der Waals surface area contributed by atoms with Gasteiger partial charge in [0.05, 0.1) is 29.3 Å². The largest absolute Gasteiger partial charge is 0.368 e. The van der Waals surface area contributed by atoms with Crippen LogP contribution in [-0.4, -0.2) is 62.2 Å². The second-order valence-corrected chi connectivity index (χ2v) is 8.80. The number of pyridine rings is 2. The van der Waals surface area contributed by atoms with Gasteiger partial charge in [0.15, 0.2) is 5.65 Å². The molecule has 0 radical (unpaired) electrons. The standard InChI is InChI=1S/C26H28N8/c1-3-32-10-12-33(13-11-32)21-6-7-25(28-17-21)30-24-15-22(18(2)34-9-8-27-26(24)34)19-4-5-20-16-29-31-23(20)14-19/h4-9,14-17H,3,10-13H2,1-2H3,(H,28,30)(H,29,31). The summed E-state index contributed by atoms with van der Waals surface area (Å²) in [5.41, 5.74) is 7.39. The molecule has 0 bridgehead atoms. The number of likely N-dealkylation sites (N-methyl/N-ethyl adjacent to an activating group) is 1. The van der Waals surface area contributed by atoms with E-state index in [4.69, 9.17) is 4.98 Å². The molecular weight excluding hydrogens is 424 g/mol. The number of aromatic nitrogens is 5. The Morgan fingerprint density at radius 2 is 1.88 bits per heavy atom. The van der Waals surface area contributed by atoms with Gasteiger partial charge in [-0.1, -0.05) is 19.1 Å². The topological polar surface area (TPSA) is 77.4 Å². The van der Waals surface area contributed by atoms with Crippen LogP contribution in [0.2, 0.25) is 0 Å². The highest BCUT2D eigenvalue weighted by molar-refractivity contribution is 5.87. The van der Waals surface area contributed by atoms with Crippen LogP contribution < -0.4 is 10.2 Å². The van der Waals surface area contributed by atoms with Crippen LogP contribution in [-0.2, 0) is 0 Å². The molecule has 172 valence electrons. The quantitative estimate of drug-likeness (QED) is 0.410. The van der Waals surface area contributed by atoms with E-state index in [1.807, 2.05) is 24.8 Å². The third-order valence-electron chi connectivity index (χ3n) is 6.87. The molecule has 0 aliphatic carbocycles. The van der Waals surface area contributed by atoms with Gasteiger partial charge in [0.2, 0.25) is 0 Å². The molecule has 6 rings (SSSR count). The Balaban J connectivity index is 1.31. The maximum absolute atomic E-state index is 4.72. The molecule has 5 heterocycles. The molecule has 1 fully saturated rings. The third kappa shape index (κ3) is 3.66. The lowest BCUT2D eigenvalue weighted by Gasteiger charge is -2.35. The summed E-state index contributed by atoms with van der Waals surface area (Å²) in [6.45, 7) is 9.75. The number of rotatable bonds is 5. The average Bonchev–Trinajstić information content (AvgIpc) is 3.56. The van der Waals surface area contributed by atoms with Gasteiger partial charge < -0.3 is 19.5 Å². The fourth-order valence-corrected chi connectivity index (χ4v) is 4.81. The predicted octanol–water partition coefficient (Wildman–Crippen LogP) is 4.47. The zero-order valence-electron chi connectivity index (χ0n) is 19.5. The van der Waals surface area contributed by atoms with Gasteiger partial charge in [0.25, 0.3) is 0 Å². The van der Waals surface area contributed by atoms with Crippen LogP contribution in [0, 0.1) is 6.92 Å². The molecule has 1 saturated heterocycles. The fourth-order valence-electron chi connectivity index (χ4n) is 4.81. The number of aromatic amines is 1. The molecule has 0 amide bonds. The summed E-state index contributed by atoms with van der Waals surface area (Å²) in [6.07, 6.45) is 7.65. The Bertz CT molecular complexity index is 1440. The van der Waals surface area contributed by atoms with Crippen molar-refractivity contribution in [1.29, 1.82) is 0 Å². The lowest BCUT2D eigenvalue weighted by molar-refractivity contribution is 0.271. The molecule has 8 nitrogen and oxygen atoms in total. The Morgan fingerprint density at radius 1 is 1.00 bits per heavy atom. The summed E-state index contributed by atoms with van der Waals surface area (Å²) in [5.74, 6) is 0.805. The summed E-state index contributed by atoms with van der Waals surface area (Å²) >= 11 is 0. The molecule has 8 heteroatoms. The summed E-state index contributed by atoms with van der Waals surface area (Å²) < 4.78 is 2.12. The first-order valence-electron chi connectivity index (χ1n) is 11.8. The van der Waals surface area contributed by atoms with E-state index >= 15 is 0 Å². The maximum Gasteiger partial charge on any atom is 0.160 e. The van der Waals surface area contributed by atoms with Crippen LogP contribution >= 0.6 is 0 Å². The minimum Gasteiger partial charge on any atom is -0.368 e. The average molecular weight is 453 g/mol. The van der Waals surface area contributed by atoms with E-state index in [2.05, 4.69) is 84.9 Å². The minimum atomic E-state index is 0.805. The Labute approximate surface area is 198 Å². The molecule has 5 aromatic rings. The van der Waals surface area contributed by atoms with Crippen LogP contribution in [0.25, 0.3) is 27.7 Å². The number of hydrogen-bond donors (Lipinski definition) is 2. The van der Waals surface area contributed by atoms with Crippen LogP contribution in [0.4, 0.5) is 17.2 Å². The summed E-state index contributed by atoms with van der Waals surface area (Å²) in [4.78, 5) is 14.2. The SMILES string of the molecule is CCN1CCN(c2ccc(Nc3cc(-c4ccc5cn[nH]c5c4)c(C)n4ccnc34)nc2)CC1. The highest BCUT2D eigenvalue weighted by Gasteiger charge is 2.17. The summed E-state index contributed by atoms with van der Waals surface area (Å²) in [6, 6.07) is 12.7. The highest BCUT2D eigenvalue weighted by atomic mass is 15.3. The monoisotopic (exact) mass is 452 g/mol. The number of piperazine rings is 1. The van der Waals surface area contributed by atoms with Crippen LogP contribution in [0.1, 0.15) is 12.6 Å². The van der Waals surface area contributed by atoms with Gasteiger partial charge >= 0.3 is 0 Å². The third-order valence-corrected chi connectivity index (χ3v) is 6.87. The molecule has 2 N–H and O–H groups in total. The van der Waals surface area contributed by atoms with Crippen molar-refractivity contribution in [1.82, 2.24) is 29.5 Å². The van der Waals surface area contributed by atoms with Gasteiger partial charge in [0.1, 0.15) is 5.82 Å². The van der Waals surface area contributed by atoms with E-state index in [1.165, 1.54) is 5.69 Å². The number of hydrogen-bond acceptors (Lipinski definition) is 6. The van der Waals surface area contributed by atoms with Crippen LogP contribution in [0.3, 0.4) is 0 Å². The van der Waals surface area contributed by atoms with E-state index in [0.29, 0.717) is 0 Å². The number of H-pyrrole nitrogens is 1. The Hall–Kier alpha value is -3.91. The van der Waals surface area contributed by atoms with Crippen molar-refractivity contribution in [3.63, 3.8) is 0 Å². The van der Waals surface area contributed by atoms with Gasteiger partial charge in [-0.2, -0.15) is 5.10 Å². The van der Waals surface area contributed by atoms with E-state index in [-0.39, 0.29) is 0 Å². The Kier molecular flexibility index (Phi) is 5.15. The maximum atomic E-state index is 4.72. The molecular formula is C26H28N8. The van der Waals surface area contributed by atoms with Gasteiger partial charge in [0, 0.05) is 55.2 Å². The number of benzene rings is 1. The molecule has 1 aromatic carbocycles. The molecule has 0 atom stereocenters. The van der Waals surface area contributed by atoms with Gasteiger partial charge in [-0.25, -0.2) is 9.97 Å². The van der Waals surface area contributed by atoms with Crippen molar-refractivity contribution >= 4 is 33.7 Å². The zero-order valence-corrected chi connectivity index (χ0v) is 19.5. The second kappa shape index (κ2) is 8.46. The van der Waals surface area contributed by atoms with Crippen molar-refractivity contribution < 1.29 is 0 Å². The smallest absolute Gasteiger partial charge is 0.160 e. The van der Waals surface area contributed by atoms with Gasteiger partial charge in [-0.15, -0.1) is 0 Å². The van der Waals surface area contributed by atoms with Crippen LogP contribution in [0.5, 0.6) is 0 Å². The fraction of sp³-hybridized carbons (Fsp3) is 0.269. The molecule has 4 aromatic heterocycles. The first-order valence-corrected chi connectivity index (χ1v) is 11.8. The molecule has 1 aliphatic rings. The summed E-state index contributed by atoms with van der Waals surface area (Å²) in [7, 11) is 0. The first-order chi connectivity index (χ1) is 16.7. The van der Waals surface area contributed by atoms with E-state index in [1.54, 1.807) is 0 Å². The van der Waals surface area contributed by atoms with E-state index < -0.39 is 0 Å². The van der Waals surface area contributed by atoms with Crippen molar-refractivity contribution in [2.24, 2.45) is 0 Å². The molecule has 34 heavy (non-hydrogen) atoms. The number of imidazole rings is 1. The first kappa shape index (κ1) is 20.7. The number of anilines is 3. The van der Waals surface area contributed by atoms with Crippen molar-refractivity contribution in [2.75, 3.05) is 42.9 Å². The minimum absolute atomic E-state index is 0.805. The van der Waals surface area contributed by atoms with Crippen LogP contribution in [0.15, 0.2) is 61.2 Å². The van der Waals surface area contributed by atoms with Crippen molar-refractivity contribution in [3.8, 4) is 11.1 Å². The number of fused-ring (bicyclic) bond motifs is 2. The molecule has 0 saturated carbocycles. The van der Waals surface area contributed by atoms with E-state index in [9.17, 15) is 0 Å². The normalized spacial score (nSPS) is 14.8. The van der Waals surface area contributed by atoms with Crippen molar-refractivity contribution in [2.45, 2.75) is 13.8 Å². The molecule has 0 unspecified atom stereocenters. The van der Waals surface area contributed by atoms with Crippen molar-refractivity contribution in [3.05, 3.63) is 66.9 Å². The number of nitrogens with zero attached hydrogens (tertiary/aromatic N) is 6. The lowest BCUT2D eigenvalue weighted by Crippen LogP contribution is -2.46. The number of aryl methyl sites for hydroxylation is 1. The number of nitrogens with one attached hydrogen (secondary N) is 2. The summed E-state index contributed by atoms with van der Waals surface area (Å²) in [5, 5.41) is 11.8. The second-order valence-electron chi connectivity index (χ2n) is 8.80. The lowest BCUT2D eigenvalue weighted by atomic mass is 10.0. The van der Waals surface area contributed by atoms with Gasteiger partial charge in [-0.05, 0) is 43.3 Å². The Morgan fingerprint density at radius 3 is 2.68 bits per heavy atom. The highest BCUT2D eigenvalue weighted by Crippen LogP contribution is 2.32. The predicted molar refractivity (Wildman–Crippen MR) is 137 cm³/mol. The van der Waals surface area contributed by atoms with E-state index in [0.717, 1.165) is 77.6 Å². The molecule has 1 aliphatic heterocycles. The van der Waals surface area contributed by atoms with Gasteiger partial charge in [-0.3, -0.25) is 5.10 Å². The zero-order chi connectivity index (χ0) is 23.1. The molecule has 0 spiro atoms.